The van der Waals surface area contributed by atoms with Gasteiger partial charge in [0.1, 0.15) is 5.82 Å². The highest BCUT2D eigenvalue weighted by molar-refractivity contribution is 9.10. The third-order valence-corrected chi connectivity index (χ3v) is 3.28. The predicted molar refractivity (Wildman–Crippen MR) is 78.7 cm³/mol. The molecule has 19 heavy (non-hydrogen) atoms. The van der Waals surface area contributed by atoms with E-state index >= 15 is 0 Å². The number of halogens is 1. The molecule has 2 aromatic rings. The molecule has 0 aliphatic rings. The van der Waals surface area contributed by atoms with Crippen LogP contribution in [0, 0.1) is 0 Å². The number of rotatable bonds is 4. The molecule has 2 rings (SSSR count). The fourth-order valence-corrected chi connectivity index (χ4v) is 2.00. The van der Waals surface area contributed by atoms with Crippen LogP contribution in [0.25, 0.3) is 0 Å². The summed E-state index contributed by atoms with van der Waals surface area (Å²) in [7, 11) is 0. The van der Waals surface area contributed by atoms with Crippen LogP contribution in [0.5, 0.6) is 0 Å². The Hall–Kier alpha value is -1.72. The molecule has 0 aliphatic carbocycles. The van der Waals surface area contributed by atoms with Gasteiger partial charge in [0.05, 0.1) is 10.5 Å². The Balaban J connectivity index is 1.99. The standard InChI is InChI=1S/C14H14BrN3O/c15-11-7-4-8-17-13(11)18-14(19)12(16)9-10-5-2-1-3-6-10/h1-8,12H,9,16H2,(H,17,18,19)/t12-/m0/s1. The summed E-state index contributed by atoms with van der Waals surface area (Å²) in [5.74, 6) is 0.235. The summed E-state index contributed by atoms with van der Waals surface area (Å²) in [4.78, 5) is 16.0. The van der Waals surface area contributed by atoms with Crippen molar-refractivity contribution in [1.82, 2.24) is 4.98 Å². The van der Waals surface area contributed by atoms with Crippen LogP contribution in [0.4, 0.5) is 5.82 Å². The van der Waals surface area contributed by atoms with Crippen LogP contribution >= 0.6 is 15.9 Å². The second-order valence-electron chi connectivity index (χ2n) is 4.12. The minimum Gasteiger partial charge on any atom is -0.320 e. The fourth-order valence-electron chi connectivity index (χ4n) is 1.65. The molecule has 3 N–H and O–H groups in total. The molecule has 1 aromatic heterocycles. The molecule has 4 nitrogen and oxygen atoms in total. The fraction of sp³-hybridized carbons (Fsp3) is 0.143. The maximum absolute atomic E-state index is 12.0. The number of carbonyl (C=O) groups is 1. The van der Waals surface area contributed by atoms with E-state index in [0.717, 1.165) is 10.0 Å². The van der Waals surface area contributed by atoms with E-state index in [9.17, 15) is 4.79 Å². The average Bonchev–Trinajstić information content (AvgIpc) is 2.42. The van der Waals surface area contributed by atoms with Gasteiger partial charge in [-0.1, -0.05) is 30.3 Å². The van der Waals surface area contributed by atoms with Gasteiger partial charge in [0.25, 0.3) is 0 Å². The molecule has 1 heterocycles. The number of pyridine rings is 1. The van der Waals surface area contributed by atoms with E-state index in [1.165, 1.54) is 0 Å². The van der Waals surface area contributed by atoms with E-state index < -0.39 is 6.04 Å². The van der Waals surface area contributed by atoms with E-state index in [0.29, 0.717) is 12.2 Å². The van der Waals surface area contributed by atoms with Crippen molar-refractivity contribution in [2.24, 2.45) is 5.73 Å². The smallest absolute Gasteiger partial charge is 0.242 e. The first kappa shape index (κ1) is 13.7. The van der Waals surface area contributed by atoms with Crippen molar-refractivity contribution < 1.29 is 4.79 Å². The third kappa shape index (κ3) is 3.87. The monoisotopic (exact) mass is 319 g/mol. The first-order chi connectivity index (χ1) is 9.16. The zero-order valence-electron chi connectivity index (χ0n) is 10.2. The lowest BCUT2D eigenvalue weighted by atomic mass is 10.1. The van der Waals surface area contributed by atoms with Gasteiger partial charge in [0, 0.05) is 6.20 Å². The largest absolute Gasteiger partial charge is 0.320 e. The van der Waals surface area contributed by atoms with Gasteiger partial charge in [-0.3, -0.25) is 4.79 Å². The van der Waals surface area contributed by atoms with Crippen LogP contribution in [-0.4, -0.2) is 16.9 Å². The zero-order valence-corrected chi connectivity index (χ0v) is 11.8. The van der Waals surface area contributed by atoms with Crippen LogP contribution in [0.1, 0.15) is 5.56 Å². The Labute approximate surface area is 120 Å². The number of hydrogen-bond donors (Lipinski definition) is 2. The van der Waals surface area contributed by atoms with Gasteiger partial charge in [-0.25, -0.2) is 4.98 Å². The molecule has 0 radical (unpaired) electrons. The minimum atomic E-state index is -0.601. The summed E-state index contributed by atoms with van der Waals surface area (Å²) in [5, 5.41) is 2.71. The van der Waals surface area contributed by atoms with Gasteiger partial charge in [-0.15, -0.1) is 0 Å². The average molecular weight is 320 g/mol. The molecule has 1 amide bonds. The van der Waals surface area contributed by atoms with Gasteiger partial charge in [0.2, 0.25) is 5.91 Å². The maximum Gasteiger partial charge on any atom is 0.242 e. The van der Waals surface area contributed by atoms with Gasteiger partial charge in [-0.2, -0.15) is 0 Å². The van der Waals surface area contributed by atoms with E-state index in [-0.39, 0.29) is 5.91 Å². The van der Waals surface area contributed by atoms with Crippen molar-refractivity contribution in [2.75, 3.05) is 5.32 Å². The summed E-state index contributed by atoms with van der Waals surface area (Å²) >= 11 is 3.32. The summed E-state index contributed by atoms with van der Waals surface area (Å²) in [6.07, 6.45) is 2.11. The number of hydrogen-bond acceptors (Lipinski definition) is 3. The van der Waals surface area contributed by atoms with E-state index in [1.807, 2.05) is 36.4 Å². The van der Waals surface area contributed by atoms with Crippen LogP contribution in [0.15, 0.2) is 53.1 Å². The molecule has 0 unspecified atom stereocenters. The Morgan fingerprint density at radius 2 is 2.00 bits per heavy atom. The minimum absolute atomic E-state index is 0.247. The lowest BCUT2D eigenvalue weighted by molar-refractivity contribution is -0.117. The maximum atomic E-state index is 12.0. The molecule has 0 spiro atoms. The topological polar surface area (TPSA) is 68.0 Å². The normalized spacial score (nSPS) is 11.9. The van der Waals surface area contributed by atoms with Crippen LogP contribution in [-0.2, 0) is 11.2 Å². The highest BCUT2D eigenvalue weighted by Crippen LogP contribution is 2.18. The Morgan fingerprint density at radius 3 is 2.68 bits per heavy atom. The molecule has 5 heteroatoms. The van der Waals surface area contributed by atoms with Gasteiger partial charge >= 0.3 is 0 Å². The Morgan fingerprint density at radius 1 is 1.26 bits per heavy atom. The summed E-state index contributed by atoms with van der Waals surface area (Å²) < 4.78 is 0.732. The first-order valence-corrected chi connectivity index (χ1v) is 6.67. The molecule has 0 bridgehead atoms. The van der Waals surface area contributed by atoms with Crippen LogP contribution < -0.4 is 11.1 Å². The molecule has 98 valence electrons. The molecule has 1 aromatic carbocycles. The van der Waals surface area contributed by atoms with E-state index in [1.54, 1.807) is 12.3 Å². The molecule has 0 saturated carbocycles. The third-order valence-electron chi connectivity index (χ3n) is 2.64. The molecular formula is C14H14BrN3O. The molecular weight excluding hydrogens is 306 g/mol. The lowest BCUT2D eigenvalue weighted by Crippen LogP contribution is -2.37. The number of carbonyl (C=O) groups excluding carboxylic acids is 1. The molecule has 0 saturated heterocycles. The number of aromatic nitrogens is 1. The second kappa shape index (κ2) is 6.45. The number of anilines is 1. The highest BCUT2D eigenvalue weighted by Gasteiger charge is 2.15. The Kier molecular flexibility index (Phi) is 4.65. The summed E-state index contributed by atoms with van der Waals surface area (Å²) in [6.45, 7) is 0. The van der Waals surface area contributed by atoms with Crippen molar-refractivity contribution in [2.45, 2.75) is 12.5 Å². The summed E-state index contributed by atoms with van der Waals surface area (Å²) in [6, 6.07) is 12.7. The zero-order chi connectivity index (χ0) is 13.7. The second-order valence-corrected chi connectivity index (χ2v) is 4.97. The van der Waals surface area contributed by atoms with Crippen molar-refractivity contribution >= 4 is 27.7 Å². The van der Waals surface area contributed by atoms with Gasteiger partial charge in [-0.05, 0) is 40.0 Å². The first-order valence-electron chi connectivity index (χ1n) is 5.87. The highest BCUT2D eigenvalue weighted by atomic mass is 79.9. The van der Waals surface area contributed by atoms with Gasteiger partial charge in [0.15, 0.2) is 0 Å². The van der Waals surface area contributed by atoms with Crippen LogP contribution in [0.2, 0.25) is 0 Å². The number of nitrogens with one attached hydrogen (secondary N) is 1. The molecule has 1 atom stereocenters. The number of benzene rings is 1. The Bertz CT molecular complexity index is 560. The van der Waals surface area contributed by atoms with Crippen molar-refractivity contribution in [3.63, 3.8) is 0 Å². The lowest BCUT2D eigenvalue weighted by Gasteiger charge is -2.12. The quantitative estimate of drug-likeness (QED) is 0.909. The van der Waals surface area contributed by atoms with Crippen molar-refractivity contribution in [3.8, 4) is 0 Å². The predicted octanol–water partition coefficient (Wildman–Crippen LogP) is 2.35. The van der Waals surface area contributed by atoms with E-state index in [2.05, 4.69) is 26.2 Å². The van der Waals surface area contributed by atoms with Gasteiger partial charge < -0.3 is 11.1 Å². The van der Waals surface area contributed by atoms with Crippen LogP contribution in [0.3, 0.4) is 0 Å². The molecule has 0 fully saturated rings. The number of nitrogens with two attached hydrogens (primary N) is 1. The molecule has 0 aliphatic heterocycles. The number of nitrogens with zero attached hydrogens (tertiary/aromatic N) is 1. The SMILES string of the molecule is N[C@@H](Cc1ccccc1)C(=O)Nc1ncccc1Br. The number of amides is 1. The summed E-state index contributed by atoms with van der Waals surface area (Å²) in [5.41, 5.74) is 6.92. The van der Waals surface area contributed by atoms with Crippen molar-refractivity contribution in [1.29, 1.82) is 0 Å². The van der Waals surface area contributed by atoms with Crippen molar-refractivity contribution in [3.05, 3.63) is 58.7 Å². The van der Waals surface area contributed by atoms with E-state index in [4.69, 9.17) is 5.73 Å².